The number of rotatable bonds is 5. The van der Waals surface area contributed by atoms with E-state index in [4.69, 9.17) is 9.26 Å². The van der Waals surface area contributed by atoms with Gasteiger partial charge < -0.3 is 14.6 Å². The second-order valence-corrected chi connectivity index (χ2v) is 4.73. The minimum Gasteiger partial charge on any atom is -0.472 e. The Bertz CT molecular complexity index is 739. The first-order valence-corrected chi connectivity index (χ1v) is 6.93. The van der Waals surface area contributed by atoms with Gasteiger partial charge >= 0.3 is 0 Å². The van der Waals surface area contributed by atoms with Crippen LogP contribution in [0.25, 0.3) is 11.3 Å². The lowest BCUT2D eigenvalue weighted by atomic mass is 10.1. The molecule has 3 aromatic rings. The number of aryl methyl sites for hydroxylation is 1. The third kappa shape index (κ3) is 2.90. The lowest BCUT2D eigenvalue weighted by molar-refractivity contribution is 0.287. The molecule has 0 amide bonds. The molecule has 2 aromatic heterocycles. The summed E-state index contributed by atoms with van der Waals surface area (Å²) in [5.74, 6) is 1.88. The van der Waals surface area contributed by atoms with Gasteiger partial charge in [0.15, 0.2) is 0 Å². The zero-order valence-electron chi connectivity index (χ0n) is 12.4. The molecule has 22 heavy (non-hydrogen) atoms. The molecular weight excluding hydrogens is 280 g/mol. The van der Waals surface area contributed by atoms with Crippen LogP contribution in [0.15, 0.2) is 47.0 Å². The fraction of sp³-hybridized carbons (Fsp3) is 0.188. The highest BCUT2D eigenvalue weighted by molar-refractivity contribution is 5.63. The summed E-state index contributed by atoms with van der Waals surface area (Å²) in [4.78, 5) is 0. The minimum absolute atomic E-state index is 0.327. The van der Waals surface area contributed by atoms with Gasteiger partial charge in [0.05, 0.1) is 5.56 Å². The van der Waals surface area contributed by atoms with Gasteiger partial charge in [-0.25, -0.2) is 0 Å². The smallest absolute Gasteiger partial charge is 0.233 e. The molecule has 2 heterocycles. The van der Waals surface area contributed by atoms with Crippen molar-refractivity contribution in [1.29, 1.82) is 0 Å². The second kappa shape index (κ2) is 6.26. The van der Waals surface area contributed by atoms with Gasteiger partial charge in [-0.15, -0.1) is 10.2 Å². The van der Waals surface area contributed by atoms with Crippen molar-refractivity contribution in [3.63, 3.8) is 0 Å². The molecule has 0 atom stereocenters. The first-order chi connectivity index (χ1) is 10.8. The van der Waals surface area contributed by atoms with Gasteiger partial charge in [-0.1, -0.05) is 35.5 Å². The molecule has 0 bridgehead atoms. The van der Waals surface area contributed by atoms with Gasteiger partial charge in [-0.2, -0.15) is 0 Å². The van der Waals surface area contributed by atoms with Crippen LogP contribution in [0.1, 0.15) is 11.3 Å². The van der Waals surface area contributed by atoms with Gasteiger partial charge in [-0.05, 0) is 13.0 Å². The SMILES string of the molecule is CNc1ccc(OCc2c(-c3ccccc3)noc2C)nn1. The van der Waals surface area contributed by atoms with Crippen LogP contribution >= 0.6 is 0 Å². The van der Waals surface area contributed by atoms with E-state index in [0.29, 0.717) is 18.3 Å². The molecule has 0 aliphatic rings. The zero-order valence-corrected chi connectivity index (χ0v) is 12.4. The van der Waals surface area contributed by atoms with Crippen molar-refractivity contribution in [3.05, 3.63) is 53.8 Å². The summed E-state index contributed by atoms with van der Waals surface area (Å²) in [5, 5.41) is 15.0. The van der Waals surface area contributed by atoms with E-state index in [9.17, 15) is 0 Å². The van der Waals surface area contributed by atoms with Crippen LogP contribution in [0.4, 0.5) is 5.82 Å². The number of ether oxygens (including phenoxy) is 1. The maximum absolute atomic E-state index is 5.69. The molecule has 0 fully saturated rings. The monoisotopic (exact) mass is 296 g/mol. The number of benzene rings is 1. The topological polar surface area (TPSA) is 73.1 Å². The summed E-state index contributed by atoms with van der Waals surface area (Å²) in [5.41, 5.74) is 2.69. The van der Waals surface area contributed by atoms with Gasteiger partial charge in [-0.3, -0.25) is 0 Å². The Morgan fingerprint density at radius 2 is 1.91 bits per heavy atom. The Morgan fingerprint density at radius 3 is 2.59 bits per heavy atom. The van der Waals surface area contributed by atoms with Gasteiger partial charge in [0.1, 0.15) is 23.9 Å². The van der Waals surface area contributed by atoms with Crippen molar-refractivity contribution in [2.24, 2.45) is 0 Å². The summed E-state index contributed by atoms with van der Waals surface area (Å²) in [7, 11) is 1.79. The lowest BCUT2D eigenvalue weighted by Crippen LogP contribution is -2.01. The quantitative estimate of drug-likeness (QED) is 0.780. The molecule has 0 unspecified atom stereocenters. The van der Waals surface area contributed by atoms with E-state index in [1.807, 2.05) is 37.3 Å². The van der Waals surface area contributed by atoms with Crippen LogP contribution in [0.3, 0.4) is 0 Å². The Balaban J connectivity index is 1.79. The van der Waals surface area contributed by atoms with Crippen molar-refractivity contribution >= 4 is 5.82 Å². The van der Waals surface area contributed by atoms with E-state index in [1.165, 1.54) is 0 Å². The predicted molar refractivity (Wildman–Crippen MR) is 82.6 cm³/mol. The molecule has 0 saturated carbocycles. The first-order valence-electron chi connectivity index (χ1n) is 6.93. The molecule has 3 rings (SSSR count). The van der Waals surface area contributed by atoms with Crippen molar-refractivity contribution in [1.82, 2.24) is 15.4 Å². The third-order valence-corrected chi connectivity index (χ3v) is 3.29. The standard InChI is InChI=1S/C16H16N4O2/c1-11-13(10-21-15-9-8-14(17-2)18-19-15)16(20-22-11)12-6-4-3-5-7-12/h3-9H,10H2,1-2H3,(H,17,18). The molecular formula is C16H16N4O2. The number of aromatic nitrogens is 3. The highest BCUT2D eigenvalue weighted by Crippen LogP contribution is 2.26. The maximum atomic E-state index is 5.69. The van der Waals surface area contributed by atoms with Crippen molar-refractivity contribution in [2.75, 3.05) is 12.4 Å². The molecule has 6 nitrogen and oxygen atoms in total. The fourth-order valence-corrected chi connectivity index (χ4v) is 2.06. The Morgan fingerprint density at radius 1 is 1.09 bits per heavy atom. The molecule has 1 N–H and O–H groups in total. The van der Waals surface area contributed by atoms with Crippen LogP contribution in [0.2, 0.25) is 0 Å². The number of nitrogens with one attached hydrogen (secondary N) is 1. The molecule has 1 aromatic carbocycles. The van der Waals surface area contributed by atoms with Gasteiger partial charge in [0.25, 0.3) is 0 Å². The third-order valence-electron chi connectivity index (χ3n) is 3.29. The molecule has 0 spiro atoms. The van der Waals surface area contributed by atoms with E-state index in [2.05, 4.69) is 20.7 Å². The average Bonchev–Trinajstić information content (AvgIpc) is 2.95. The zero-order chi connectivity index (χ0) is 15.4. The second-order valence-electron chi connectivity index (χ2n) is 4.73. The van der Waals surface area contributed by atoms with Gasteiger partial charge in [0.2, 0.25) is 5.88 Å². The van der Waals surface area contributed by atoms with Crippen molar-refractivity contribution in [2.45, 2.75) is 13.5 Å². The van der Waals surface area contributed by atoms with Crippen LogP contribution in [-0.4, -0.2) is 22.4 Å². The van der Waals surface area contributed by atoms with E-state index < -0.39 is 0 Å². The molecule has 0 saturated heterocycles. The van der Waals surface area contributed by atoms with Crippen molar-refractivity contribution < 1.29 is 9.26 Å². The fourth-order valence-electron chi connectivity index (χ4n) is 2.06. The summed E-state index contributed by atoms with van der Waals surface area (Å²) in [6.07, 6.45) is 0. The Kier molecular flexibility index (Phi) is 4.00. The van der Waals surface area contributed by atoms with E-state index >= 15 is 0 Å². The molecule has 0 radical (unpaired) electrons. The molecule has 0 aliphatic heterocycles. The first kappa shape index (κ1) is 14.1. The molecule has 112 valence electrons. The van der Waals surface area contributed by atoms with E-state index in [-0.39, 0.29) is 0 Å². The van der Waals surface area contributed by atoms with Crippen LogP contribution in [0, 0.1) is 6.92 Å². The number of hydrogen-bond donors (Lipinski definition) is 1. The molecule has 6 heteroatoms. The van der Waals surface area contributed by atoms with Crippen LogP contribution in [0.5, 0.6) is 5.88 Å². The summed E-state index contributed by atoms with van der Waals surface area (Å²) in [6, 6.07) is 13.4. The van der Waals surface area contributed by atoms with E-state index in [0.717, 1.165) is 22.6 Å². The highest BCUT2D eigenvalue weighted by Gasteiger charge is 2.15. The Hall–Kier alpha value is -2.89. The van der Waals surface area contributed by atoms with Crippen LogP contribution in [-0.2, 0) is 6.61 Å². The lowest BCUT2D eigenvalue weighted by Gasteiger charge is -2.06. The number of nitrogens with zero attached hydrogens (tertiary/aromatic N) is 3. The predicted octanol–water partition coefficient (Wildman–Crippen LogP) is 3.06. The summed E-state index contributed by atoms with van der Waals surface area (Å²) < 4.78 is 11.0. The number of anilines is 1. The van der Waals surface area contributed by atoms with Gasteiger partial charge in [0, 0.05) is 18.7 Å². The minimum atomic E-state index is 0.327. The largest absolute Gasteiger partial charge is 0.472 e. The Labute approximate surface area is 128 Å². The number of hydrogen-bond acceptors (Lipinski definition) is 6. The van der Waals surface area contributed by atoms with E-state index in [1.54, 1.807) is 19.2 Å². The van der Waals surface area contributed by atoms with Crippen molar-refractivity contribution in [3.8, 4) is 17.1 Å². The highest BCUT2D eigenvalue weighted by atomic mass is 16.5. The molecule has 0 aliphatic carbocycles. The summed E-state index contributed by atoms with van der Waals surface area (Å²) in [6.45, 7) is 2.20. The summed E-state index contributed by atoms with van der Waals surface area (Å²) >= 11 is 0. The average molecular weight is 296 g/mol. The van der Waals surface area contributed by atoms with Crippen LogP contribution < -0.4 is 10.1 Å². The maximum Gasteiger partial charge on any atom is 0.233 e. The normalized spacial score (nSPS) is 10.5.